The van der Waals surface area contributed by atoms with E-state index in [0.29, 0.717) is 48.6 Å². The van der Waals surface area contributed by atoms with Crippen molar-refractivity contribution in [1.82, 2.24) is 15.5 Å². The van der Waals surface area contributed by atoms with E-state index in [4.69, 9.17) is 9.47 Å². The number of amides is 3. The van der Waals surface area contributed by atoms with Gasteiger partial charge < -0.3 is 25.0 Å². The molecule has 0 unspecified atom stereocenters. The van der Waals surface area contributed by atoms with Gasteiger partial charge in [0.2, 0.25) is 12.7 Å². The fourth-order valence-electron chi connectivity index (χ4n) is 4.49. The Morgan fingerprint density at radius 3 is 2.29 bits per heavy atom. The van der Waals surface area contributed by atoms with Crippen LogP contribution in [-0.4, -0.2) is 54.6 Å². The Kier molecular flexibility index (Phi) is 6.13. The van der Waals surface area contributed by atoms with E-state index in [2.05, 4.69) is 10.6 Å². The molecule has 2 aliphatic heterocycles. The second kappa shape index (κ2) is 9.37. The number of aryl methyl sites for hydroxylation is 1. The van der Waals surface area contributed by atoms with Crippen molar-refractivity contribution >= 4 is 17.7 Å². The first-order valence-electron chi connectivity index (χ1n) is 11.8. The maximum Gasteiger partial charge on any atom is 0.253 e. The molecule has 0 bridgehead atoms. The minimum atomic E-state index is -0.628. The Hall–Kier alpha value is -3.55. The van der Waals surface area contributed by atoms with Crippen LogP contribution in [-0.2, 0) is 4.79 Å². The molecule has 2 aromatic rings. The lowest BCUT2D eigenvalue weighted by molar-refractivity contribution is -0.124. The molecule has 0 aromatic heterocycles. The number of carbonyl (C=O) groups is 3. The molecule has 1 atom stereocenters. The molecule has 1 saturated heterocycles. The standard InChI is InChI=1S/C26H29N3O5/c1-16-2-4-18(5-3-16)24(30)28-23(25(31)27-20-7-8-20)17-10-12-29(13-11-17)26(32)19-6-9-21-22(14-19)34-15-33-21/h2-6,9,14,17,20,23H,7-8,10-13,15H2,1H3,(H,27,31)(H,28,30)/t23-/m1/s1. The predicted molar refractivity (Wildman–Crippen MR) is 125 cm³/mol. The summed E-state index contributed by atoms with van der Waals surface area (Å²) in [4.78, 5) is 40.7. The molecular formula is C26H29N3O5. The number of nitrogens with zero attached hydrogens (tertiary/aromatic N) is 1. The lowest BCUT2D eigenvalue weighted by Crippen LogP contribution is -2.54. The van der Waals surface area contributed by atoms with Gasteiger partial charge >= 0.3 is 0 Å². The molecule has 0 radical (unpaired) electrons. The maximum absolute atomic E-state index is 13.0. The quantitative estimate of drug-likeness (QED) is 0.687. The molecule has 1 saturated carbocycles. The number of nitrogens with one attached hydrogen (secondary N) is 2. The highest BCUT2D eigenvalue weighted by Crippen LogP contribution is 2.33. The highest BCUT2D eigenvalue weighted by molar-refractivity contribution is 5.98. The molecule has 5 rings (SSSR count). The molecule has 34 heavy (non-hydrogen) atoms. The van der Waals surface area contributed by atoms with Crippen molar-refractivity contribution in [2.75, 3.05) is 19.9 Å². The first-order valence-corrected chi connectivity index (χ1v) is 11.8. The lowest BCUT2D eigenvalue weighted by Gasteiger charge is -2.36. The van der Waals surface area contributed by atoms with Gasteiger partial charge in [-0.25, -0.2) is 0 Å². The summed E-state index contributed by atoms with van der Waals surface area (Å²) in [6, 6.07) is 12.1. The van der Waals surface area contributed by atoms with Crippen molar-refractivity contribution in [3.63, 3.8) is 0 Å². The van der Waals surface area contributed by atoms with Crippen LogP contribution in [0.5, 0.6) is 11.5 Å². The molecule has 2 aromatic carbocycles. The Morgan fingerprint density at radius 2 is 1.59 bits per heavy atom. The van der Waals surface area contributed by atoms with Gasteiger partial charge in [0.1, 0.15) is 6.04 Å². The first-order chi connectivity index (χ1) is 16.5. The number of carbonyl (C=O) groups excluding carboxylic acids is 3. The van der Waals surface area contributed by atoms with Crippen molar-refractivity contribution in [2.24, 2.45) is 5.92 Å². The molecule has 8 nitrogen and oxygen atoms in total. The third-order valence-electron chi connectivity index (χ3n) is 6.72. The molecular weight excluding hydrogens is 434 g/mol. The van der Waals surface area contributed by atoms with Crippen LogP contribution >= 0.6 is 0 Å². The number of piperidine rings is 1. The summed E-state index contributed by atoms with van der Waals surface area (Å²) in [5.74, 6) is 0.715. The van der Waals surface area contributed by atoms with Gasteiger partial charge in [-0.2, -0.15) is 0 Å². The fraction of sp³-hybridized carbons (Fsp3) is 0.423. The highest BCUT2D eigenvalue weighted by atomic mass is 16.7. The normalized spacial score (nSPS) is 18.3. The number of rotatable bonds is 6. The van der Waals surface area contributed by atoms with Crippen LogP contribution in [0.15, 0.2) is 42.5 Å². The Balaban J connectivity index is 1.24. The van der Waals surface area contributed by atoms with Crippen LogP contribution in [0, 0.1) is 12.8 Å². The molecule has 2 heterocycles. The topological polar surface area (TPSA) is 97.0 Å². The second-order valence-electron chi connectivity index (χ2n) is 9.30. The summed E-state index contributed by atoms with van der Waals surface area (Å²) in [5, 5.41) is 6.02. The van der Waals surface area contributed by atoms with E-state index < -0.39 is 6.04 Å². The van der Waals surface area contributed by atoms with Gasteiger partial charge in [-0.1, -0.05) is 17.7 Å². The van der Waals surface area contributed by atoms with Crippen LogP contribution in [0.1, 0.15) is 52.0 Å². The molecule has 3 aliphatic rings. The van der Waals surface area contributed by atoms with Crippen LogP contribution in [0.3, 0.4) is 0 Å². The van der Waals surface area contributed by atoms with E-state index in [1.807, 2.05) is 19.1 Å². The average Bonchev–Trinajstić information content (AvgIpc) is 3.54. The number of hydrogen-bond acceptors (Lipinski definition) is 5. The van der Waals surface area contributed by atoms with Gasteiger partial charge in [0.05, 0.1) is 0 Å². The number of ether oxygens (including phenoxy) is 2. The largest absolute Gasteiger partial charge is 0.454 e. The predicted octanol–water partition coefficient (Wildman–Crippen LogP) is 2.65. The zero-order chi connectivity index (χ0) is 23.7. The van der Waals surface area contributed by atoms with Gasteiger partial charge in [0.15, 0.2) is 11.5 Å². The fourth-order valence-corrected chi connectivity index (χ4v) is 4.49. The Bertz CT molecular complexity index is 1090. The van der Waals surface area contributed by atoms with Crippen molar-refractivity contribution in [1.29, 1.82) is 0 Å². The molecule has 2 N–H and O–H groups in total. The van der Waals surface area contributed by atoms with Gasteiger partial charge in [0.25, 0.3) is 11.8 Å². The van der Waals surface area contributed by atoms with Gasteiger partial charge in [0, 0.05) is 30.3 Å². The van der Waals surface area contributed by atoms with E-state index in [1.165, 1.54) is 0 Å². The zero-order valence-electron chi connectivity index (χ0n) is 19.2. The molecule has 1 aliphatic carbocycles. The molecule has 3 amide bonds. The Labute approximate surface area is 198 Å². The summed E-state index contributed by atoms with van der Waals surface area (Å²) >= 11 is 0. The van der Waals surface area contributed by atoms with Crippen molar-refractivity contribution in [3.8, 4) is 11.5 Å². The average molecular weight is 464 g/mol. The summed E-state index contributed by atoms with van der Waals surface area (Å²) < 4.78 is 10.7. The molecule has 178 valence electrons. The molecule has 0 spiro atoms. The number of fused-ring (bicyclic) bond motifs is 1. The first kappa shape index (κ1) is 22.3. The van der Waals surface area contributed by atoms with Gasteiger partial charge in [-0.15, -0.1) is 0 Å². The number of benzene rings is 2. The van der Waals surface area contributed by atoms with Crippen molar-refractivity contribution in [3.05, 3.63) is 59.2 Å². The van der Waals surface area contributed by atoms with E-state index in [-0.39, 0.29) is 36.5 Å². The molecule has 2 fully saturated rings. The van der Waals surface area contributed by atoms with Crippen LogP contribution in [0.2, 0.25) is 0 Å². The Morgan fingerprint density at radius 1 is 0.912 bits per heavy atom. The van der Waals surface area contributed by atoms with Crippen molar-refractivity contribution < 1.29 is 23.9 Å². The maximum atomic E-state index is 13.0. The SMILES string of the molecule is Cc1ccc(C(=O)N[C@@H](C(=O)NC2CC2)C2CCN(C(=O)c3ccc4c(c3)OCO4)CC2)cc1. The number of likely N-dealkylation sites (tertiary alicyclic amines) is 1. The van der Waals surface area contributed by atoms with Crippen LogP contribution < -0.4 is 20.1 Å². The van der Waals surface area contributed by atoms with E-state index >= 15 is 0 Å². The number of hydrogen-bond donors (Lipinski definition) is 2. The smallest absolute Gasteiger partial charge is 0.253 e. The minimum absolute atomic E-state index is 0.0473. The minimum Gasteiger partial charge on any atom is -0.454 e. The monoisotopic (exact) mass is 463 g/mol. The third-order valence-corrected chi connectivity index (χ3v) is 6.72. The lowest BCUT2D eigenvalue weighted by atomic mass is 9.88. The van der Waals surface area contributed by atoms with Gasteiger partial charge in [-0.05, 0) is 68.9 Å². The van der Waals surface area contributed by atoms with Gasteiger partial charge in [-0.3, -0.25) is 14.4 Å². The van der Waals surface area contributed by atoms with Crippen LogP contribution in [0.25, 0.3) is 0 Å². The zero-order valence-corrected chi connectivity index (χ0v) is 19.2. The summed E-state index contributed by atoms with van der Waals surface area (Å²) in [7, 11) is 0. The third kappa shape index (κ3) is 4.85. The second-order valence-corrected chi connectivity index (χ2v) is 9.30. The van der Waals surface area contributed by atoms with Crippen molar-refractivity contribution in [2.45, 2.75) is 44.7 Å². The summed E-state index contributed by atoms with van der Waals surface area (Å²) in [6.07, 6.45) is 3.22. The van der Waals surface area contributed by atoms with E-state index in [9.17, 15) is 14.4 Å². The summed E-state index contributed by atoms with van der Waals surface area (Å²) in [6.45, 7) is 3.17. The van der Waals surface area contributed by atoms with E-state index in [0.717, 1.165) is 18.4 Å². The van der Waals surface area contributed by atoms with E-state index in [1.54, 1.807) is 35.2 Å². The van der Waals surface area contributed by atoms with Crippen LogP contribution in [0.4, 0.5) is 0 Å². The molecule has 8 heteroatoms. The summed E-state index contributed by atoms with van der Waals surface area (Å²) in [5.41, 5.74) is 2.16. The highest BCUT2D eigenvalue weighted by Gasteiger charge is 2.36.